The molecule has 0 spiro atoms. The van der Waals surface area contributed by atoms with Crippen LogP contribution in [0.2, 0.25) is 0 Å². The van der Waals surface area contributed by atoms with Crippen molar-refractivity contribution >= 4 is 10.0 Å². The average Bonchev–Trinajstić information content (AvgIpc) is 2.72. The molecule has 0 fully saturated rings. The van der Waals surface area contributed by atoms with E-state index in [1.807, 2.05) is 0 Å². The Kier molecular flexibility index (Phi) is 3.57. The van der Waals surface area contributed by atoms with Crippen LogP contribution in [-0.4, -0.2) is 23.2 Å². The van der Waals surface area contributed by atoms with Crippen molar-refractivity contribution in [2.45, 2.75) is 25.0 Å². The third-order valence-corrected chi connectivity index (χ3v) is 3.39. The predicted molar refractivity (Wildman–Crippen MR) is 67.1 cm³/mol. The van der Waals surface area contributed by atoms with Crippen LogP contribution in [0.15, 0.2) is 23.4 Å². The second kappa shape index (κ2) is 4.91. The highest BCUT2D eigenvalue weighted by Crippen LogP contribution is 2.26. The topological polar surface area (TPSA) is 90.9 Å². The molecule has 0 unspecified atom stereocenters. The average molecular weight is 302 g/mol. The van der Waals surface area contributed by atoms with Crippen LogP contribution < -0.4 is 5.14 Å². The largest absolute Gasteiger partial charge is 0.294 e. The van der Waals surface area contributed by atoms with Crippen LogP contribution in [0.4, 0.5) is 8.78 Å². The van der Waals surface area contributed by atoms with Crippen molar-refractivity contribution in [1.29, 1.82) is 0 Å². The molecule has 2 rings (SSSR count). The van der Waals surface area contributed by atoms with E-state index in [0.29, 0.717) is 6.07 Å². The highest BCUT2D eigenvalue weighted by molar-refractivity contribution is 7.89. The van der Waals surface area contributed by atoms with Gasteiger partial charge >= 0.3 is 0 Å². The van der Waals surface area contributed by atoms with E-state index in [1.165, 1.54) is 10.6 Å². The molecule has 0 atom stereocenters. The van der Waals surface area contributed by atoms with Gasteiger partial charge in [0.25, 0.3) is 15.2 Å². The molecule has 6 nitrogen and oxygen atoms in total. The van der Waals surface area contributed by atoms with Gasteiger partial charge in [0.05, 0.1) is 5.56 Å². The second-order valence-electron chi connectivity index (χ2n) is 4.44. The molecule has 1 aromatic carbocycles. The summed E-state index contributed by atoms with van der Waals surface area (Å²) >= 11 is 0. The van der Waals surface area contributed by atoms with Crippen molar-refractivity contribution in [3.63, 3.8) is 0 Å². The lowest BCUT2D eigenvalue weighted by Gasteiger charge is -2.13. The molecule has 0 radical (unpaired) electrons. The summed E-state index contributed by atoms with van der Waals surface area (Å²) in [4.78, 5) is 0. The minimum Gasteiger partial charge on any atom is -0.294 e. The third-order valence-electron chi connectivity index (χ3n) is 2.61. The lowest BCUT2D eigenvalue weighted by Crippen LogP contribution is -2.20. The molecule has 1 heterocycles. The van der Waals surface area contributed by atoms with E-state index >= 15 is 0 Å². The van der Waals surface area contributed by atoms with Crippen LogP contribution in [-0.2, 0) is 10.0 Å². The summed E-state index contributed by atoms with van der Waals surface area (Å²) in [7, 11) is -4.09. The molecule has 0 bridgehead atoms. The van der Waals surface area contributed by atoms with Gasteiger partial charge in [0.1, 0.15) is 11.6 Å². The van der Waals surface area contributed by atoms with Crippen molar-refractivity contribution in [3.05, 3.63) is 29.8 Å². The van der Waals surface area contributed by atoms with Gasteiger partial charge in [-0.3, -0.25) is 4.57 Å². The first kappa shape index (κ1) is 14.5. The normalized spacial score (nSPS) is 12.1. The fraction of sp³-hybridized carbons (Fsp3) is 0.273. The molecule has 2 N–H and O–H groups in total. The van der Waals surface area contributed by atoms with Gasteiger partial charge in [-0.15, -0.1) is 10.2 Å². The van der Waals surface area contributed by atoms with Crippen LogP contribution in [0.25, 0.3) is 11.4 Å². The number of benzene rings is 1. The van der Waals surface area contributed by atoms with Crippen molar-refractivity contribution in [3.8, 4) is 11.4 Å². The van der Waals surface area contributed by atoms with Gasteiger partial charge < -0.3 is 0 Å². The second-order valence-corrected chi connectivity index (χ2v) is 5.89. The minimum absolute atomic E-state index is 0.0264. The van der Waals surface area contributed by atoms with Gasteiger partial charge in [0.15, 0.2) is 5.82 Å². The quantitative estimate of drug-likeness (QED) is 0.929. The van der Waals surface area contributed by atoms with Crippen molar-refractivity contribution in [1.82, 2.24) is 14.8 Å². The Morgan fingerprint density at radius 3 is 2.40 bits per heavy atom. The van der Waals surface area contributed by atoms with E-state index in [4.69, 9.17) is 5.14 Å². The molecule has 108 valence electrons. The molecule has 0 saturated carbocycles. The fourth-order valence-electron chi connectivity index (χ4n) is 1.79. The van der Waals surface area contributed by atoms with Gasteiger partial charge in [0.2, 0.25) is 0 Å². The Balaban J connectivity index is 2.73. The monoisotopic (exact) mass is 302 g/mol. The maximum Gasteiger partial charge on any atom is 0.273 e. The first-order valence-electron chi connectivity index (χ1n) is 5.65. The predicted octanol–water partition coefficient (Wildman–Crippen LogP) is 1.45. The fourth-order valence-corrected chi connectivity index (χ4v) is 2.52. The zero-order valence-electron chi connectivity index (χ0n) is 10.7. The molecule has 0 aliphatic rings. The number of hydrogen-bond donors (Lipinski definition) is 1. The van der Waals surface area contributed by atoms with Gasteiger partial charge in [-0.2, -0.15) is 0 Å². The highest BCUT2D eigenvalue weighted by Gasteiger charge is 2.25. The van der Waals surface area contributed by atoms with E-state index in [2.05, 4.69) is 10.2 Å². The zero-order chi connectivity index (χ0) is 15.1. The summed E-state index contributed by atoms with van der Waals surface area (Å²) < 4.78 is 50.8. The van der Waals surface area contributed by atoms with Crippen LogP contribution in [0.1, 0.15) is 19.9 Å². The van der Waals surface area contributed by atoms with Gasteiger partial charge in [-0.05, 0) is 26.0 Å². The third kappa shape index (κ3) is 2.54. The Labute approximate surface area is 114 Å². The van der Waals surface area contributed by atoms with Gasteiger partial charge in [-0.25, -0.2) is 22.3 Å². The SMILES string of the molecule is CC(C)n1c(-c2ccc(F)cc2F)nnc1S(N)(=O)=O. The maximum atomic E-state index is 13.8. The number of halogens is 2. The highest BCUT2D eigenvalue weighted by atomic mass is 32.2. The summed E-state index contributed by atoms with van der Waals surface area (Å²) in [5.41, 5.74) is -0.0532. The molecule has 0 amide bonds. The van der Waals surface area contributed by atoms with E-state index in [-0.39, 0.29) is 17.4 Å². The zero-order valence-corrected chi connectivity index (χ0v) is 11.5. The molecular formula is C11H12F2N4O2S. The molecule has 1 aromatic heterocycles. The summed E-state index contributed by atoms with van der Waals surface area (Å²) in [5.74, 6) is -1.63. The first-order valence-corrected chi connectivity index (χ1v) is 7.19. The Hall–Kier alpha value is -1.87. The Morgan fingerprint density at radius 2 is 1.90 bits per heavy atom. The molecule has 2 aromatic rings. The van der Waals surface area contributed by atoms with Crippen molar-refractivity contribution in [2.75, 3.05) is 0 Å². The number of hydrogen-bond acceptors (Lipinski definition) is 4. The van der Waals surface area contributed by atoms with E-state index in [9.17, 15) is 17.2 Å². The van der Waals surface area contributed by atoms with Crippen molar-refractivity contribution in [2.24, 2.45) is 5.14 Å². The molecule has 20 heavy (non-hydrogen) atoms. The minimum atomic E-state index is -4.09. The number of nitrogens with zero attached hydrogens (tertiary/aromatic N) is 3. The van der Waals surface area contributed by atoms with Crippen LogP contribution >= 0.6 is 0 Å². The molecule has 0 aliphatic heterocycles. The maximum absolute atomic E-state index is 13.8. The van der Waals surface area contributed by atoms with E-state index in [1.54, 1.807) is 13.8 Å². The van der Waals surface area contributed by atoms with Crippen LogP contribution in [0.5, 0.6) is 0 Å². The number of sulfonamides is 1. The summed E-state index contributed by atoms with van der Waals surface area (Å²) in [6.07, 6.45) is 0. The first-order chi connectivity index (χ1) is 9.21. The molecule has 0 aliphatic carbocycles. The number of rotatable bonds is 3. The smallest absolute Gasteiger partial charge is 0.273 e. The Bertz CT molecular complexity index is 756. The number of aromatic nitrogens is 3. The lowest BCUT2D eigenvalue weighted by atomic mass is 10.2. The van der Waals surface area contributed by atoms with Crippen LogP contribution in [0.3, 0.4) is 0 Å². The summed E-state index contributed by atoms with van der Waals surface area (Å²) in [5, 5.41) is 11.7. The standard InChI is InChI=1S/C11H12F2N4O2S/c1-6(2)17-10(15-16-11(17)20(14,18)19)8-4-3-7(12)5-9(8)13/h3-6H,1-2H3,(H2,14,18,19). The van der Waals surface area contributed by atoms with E-state index in [0.717, 1.165) is 6.07 Å². The summed E-state index contributed by atoms with van der Waals surface area (Å²) in [6.45, 7) is 3.34. The number of primary sulfonamides is 1. The summed E-state index contributed by atoms with van der Waals surface area (Å²) in [6, 6.07) is 2.53. The van der Waals surface area contributed by atoms with Crippen molar-refractivity contribution < 1.29 is 17.2 Å². The van der Waals surface area contributed by atoms with E-state index < -0.39 is 26.8 Å². The van der Waals surface area contributed by atoms with Gasteiger partial charge in [-0.1, -0.05) is 0 Å². The molecule has 0 saturated heterocycles. The molecular weight excluding hydrogens is 290 g/mol. The van der Waals surface area contributed by atoms with Gasteiger partial charge in [0, 0.05) is 12.1 Å². The van der Waals surface area contributed by atoms with Crippen LogP contribution in [0, 0.1) is 11.6 Å². The molecule has 9 heteroatoms. The number of nitrogens with two attached hydrogens (primary N) is 1. The Morgan fingerprint density at radius 1 is 1.25 bits per heavy atom. The lowest BCUT2D eigenvalue weighted by molar-refractivity contribution is 0.522.